The van der Waals surface area contributed by atoms with Crippen LogP contribution in [0.5, 0.6) is 5.75 Å². The number of fused-ring (bicyclic) bond motifs is 1. The fourth-order valence-corrected chi connectivity index (χ4v) is 5.22. The number of methoxy groups -OCH3 is 1. The van der Waals surface area contributed by atoms with Gasteiger partial charge in [-0.3, -0.25) is 4.90 Å². The minimum absolute atomic E-state index is 0. The van der Waals surface area contributed by atoms with Gasteiger partial charge in [-0.15, -0.1) is 12.4 Å². The van der Waals surface area contributed by atoms with Gasteiger partial charge in [-0.05, 0) is 86.7 Å². The molecule has 0 amide bonds. The molecule has 0 aromatic heterocycles. The van der Waals surface area contributed by atoms with Gasteiger partial charge in [0.2, 0.25) is 10.3 Å². The molecule has 0 saturated carbocycles. The number of aryl methyl sites for hydroxylation is 2. The van der Waals surface area contributed by atoms with Crippen LogP contribution in [0.25, 0.3) is 0 Å². The second kappa shape index (κ2) is 12.6. The largest absolute Gasteiger partial charge is 0.497 e. The third kappa shape index (κ3) is 6.96. The molecule has 0 atom stereocenters. The van der Waals surface area contributed by atoms with Crippen LogP contribution in [0.2, 0.25) is 5.02 Å². The van der Waals surface area contributed by atoms with Gasteiger partial charge in [-0.2, -0.15) is 8.42 Å². The third-order valence-corrected chi connectivity index (χ3v) is 7.26. The Morgan fingerprint density at radius 3 is 2.41 bits per heavy atom. The van der Waals surface area contributed by atoms with Gasteiger partial charge >= 0.3 is 0 Å². The number of nitrogens with zero attached hydrogens (tertiary/aromatic N) is 1. The van der Waals surface area contributed by atoms with Gasteiger partial charge in [0.15, 0.2) is 0 Å². The molecule has 8 heteroatoms. The van der Waals surface area contributed by atoms with E-state index in [0.717, 1.165) is 55.2 Å². The number of hydrogen-bond acceptors (Lipinski definition) is 4. The zero-order chi connectivity index (χ0) is 22.4. The minimum Gasteiger partial charge on any atom is -0.497 e. The van der Waals surface area contributed by atoms with Crippen molar-refractivity contribution >= 4 is 39.3 Å². The average Bonchev–Trinajstić information content (AvgIpc) is 2.77. The first-order chi connectivity index (χ1) is 14.9. The van der Waals surface area contributed by atoms with Crippen LogP contribution in [-0.4, -0.2) is 45.1 Å². The Hall–Kier alpha value is -1.57. The van der Waals surface area contributed by atoms with Gasteiger partial charge in [0.25, 0.3) is 0 Å². The molecule has 32 heavy (non-hydrogen) atoms. The van der Waals surface area contributed by atoms with Crippen LogP contribution in [0.4, 0.5) is 0 Å². The highest BCUT2D eigenvalue weighted by atomic mass is 35.5. The number of halogens is 2. The fraction of sp³-hybridized carbons (Fsp3) is 0.458. The summed E-state index contributed by atoms with van der Waals surface area (Å²) in [6, 6.07) is 12.1. The molecule has 1 N–H and O–H groups in total. The molecule has 2 aliphatic heterocycles. The van der Waals surface area contributed by atoms with Crippen LogP contribution in [0.3, 0.4) is 0 Å². The normalized spacial score (nSPS) is 16.1. The molecule has 2 aromatic carbocycles. The van der Waals surface area contributed by atoms with Crippen LogP contribution in [0.15, 0.2) is 36.4 Å². The number of benzene rings is 2. The lowest BCUT2D eigenvalue weighted by Crippen LogP contribution is -2.43. The number of rotatable bonds is 2. The zero-order valence-corrected chi connectivity index (χ0v) is 21.2. The van der Waals surface area contributed by atoms with Crippen molar-refractivity contribution in [3.8, 4) is 5.75 Å². The van der Waals surface area contributed by atoms with Crippen molar-refractivity contribution in [1.82, 2.24) is 10.2 Å². The topological polar surface area (TPSA) is 58.6 Å². The van der Waals surface area contributed by atoms with E-state index in [1.165, 1.54) is 16.7 Å². The Kier molecular flexibility index (Phi) is 10.5. The number of piperidine rings is 1. The van der Waals surface area contributed by atoms with Gasteiger partial charge in [0.05, 0.1) is 7.11 Å². The average molecular weight is 500 g/mol. The Morgan fingerprint density at radius 2 is 1.81 bits per heavy atom. The summed E-state index contributed by atoms with van der Waals surface area (Å²) < 4.78 is 28.8. The first-order valence-electron chi connectivity index (χ1n) is 10.7. The van der Waals surface area contributed by atoms with E-state index in [1.807, 2.05) is 43.0 Å². The zero-order valence-electron chi connectivity index (χ0n) is 18.9. The summed E-state index contributed by atoms with van der Waals surface area (Å²) >= 11 is 5.81. The lowest BCUT2D eigenvalue weighted by molar-refractivity contribution is 0.351. The molecule has 0 bridgehead atoms. The maximum Gasteiger partial charge on any atom is 0.228 e. The molecule has 1 fully saturated rings. The van der Waals surface area contributed by atoms with E-state index in [-0.39, 0.29) is 18.3 Å². The maximum absolute atomic E-state index is 11.8. The smallest absolute Gasteiger partial charge is 0.228 e. The van der Waals surface area contributed by atoms with Crippen molar-refractivity contribution in [2.24, 2.45) is 5.92 Å². The van der Waals surface area contributed by atoms with Crippen molar-refractivity contribution in [1.29, 1.82) is 0 Å². The highest BCUT2D eigenvalue weighted by Gasteiger charge is 2.28. The van der Waals surface area contributed by atoms with E-state index in [4.69, 9.17) is 16.3 Å². The number of nitrogens with one attached hydrogen (secondary N) is 1. The van der Waals surface area contributed by atoms with E-state index in [2.05, 4.69) is 17.4 Å². The van der Waals surface area contributed by atoms with Crippen molar-refractivity contribution in [2.45, 2.75) is 39.7 Å². The van der Waals surface area contributed by atoms with Crippen molar-refractivity contribution in [3.05, 3.63) is 63.7 Å². The molecular weight excluding hydrogens is 467 g/mol. The summed E-state index contributed by atoms with van der Waals surface area (Å²) in [4.78, 5) is 2.65. The summed E-state index contributed by atoms with van der Waals surface area (Å²) in [5.74, 6) is 1.02. The lowest BCUT2D eigenvalue weighted by atomic mass is 9.94. The standard InChI is InChI=1S/C16H22N2O3S.C8H9Cl.ClH/c1-21-15-3-2-14-11-18(9-6-13(14)10-15)16(22(19)20)12-4-7-17-8-5-12;1-6-3-4-7(2)8(9)5-6;/h2-3,10,12,17H,4-9,11H2,1H3;3-5H,1-2H3;1H. The number of hydrogen-bond donors (Lipinski definition) is 1. The SMILES string of the molecule is COc1ccc2c(c1)CCN(C(C1CCNCC1)=S(=O)=O)C2.Cc1ccc(C)c(Cl)c1.Cl. The first kappa shape index (κ1) is 26.7. The molecule has 0 spiro atoms. The summed E-state index contributed by atoms with van der Waals surface area (Å²) in [6.07, 6.45) is 2.66. The van der Waals surface area contributed by atoms with Crippen LogP contribution in [0.1, 0.15) is 35.1 Å². The van der Waals surface area contributed by atoms with Crippen molar-refractivity contribution in [2.75, 3.05) is 26.7 Å². The van der Waals surface area contributed by atoms with Gasteiger partial charge in [-0.1, -0.05) is 29.8 Å². The molecule has 2 heterocycles. The van der Waals surface area contributed by atoms with Crippen molar-refractivity contribution in [3.63, 3.8) is 0 Å². The van der Waals surface area contributed by atoms with Gasteiger partial charge in [0, 0.05) is 24.0 Å². The van der Waals surface area contributed by atoms with E-state index in [0.29, 0.717) is 11.5 Å². The molecule has 0 radical (unpaired) electrons. The predicted octanol–water partition coefficient (Wildman–Crippen LogP) is 4.44. The van der Waals surface area contributed by atoms with Gasteiger partial charge < -0.3 is 10.1 Å². The molecule has 2 aliphatic rings. The molecule has 0 unspecified atom stereocenters. The van der Waals surface area contributed by atoms with E-state index >= 15 is 0 Å². The second-order valence-corrected chi connectivity index (χ2v) is 9.45. The monoisotopic (exact) mass is 498 g/mol. The first-order valence-corrected chi connectivity index (χ1v) is 12.1. The van der Waals surface area contributed by atoms with E-state index in [9.17, 15) is 8.42 Å². The molecular formula is C24H32Cl2N2O3S. The highest BCUT2D eigenvalue weighted by molar-refractivity contribution is 7.72. The Balaban J connectivity index is 0.000000307. The van der Waals surface area contributed by atoms with Gasteiger partial charge in [-0.25, -0.2) is 0 Å². The van der Waals surface area contributed by atoms with Crippen LogP contribution < -0.4 is 10.1 Å². The molecule has 2 aromatic rings. The summed E-state index contributed by atoms with van der Waals surface area (Å²) in [6.45, 7) is 7.26. The molecule has 4 rings (SSSR count). The van der Waals surface area contributed by atoms with E-state index in [1.54, 1.807) is 7.11 Å². The summed E-state index contributed by atoms with van der Waals surface area (Å²) in [5, 5.41) is 4.15. The predicted molar refractivity (Wildman–Crippen MR) is 135 cm³/mol. The van der Waals surface area contributed by atoms with E-state index < -0.39 is 10.3 Å². The summed E-state index contributed by atoms with van der Waals surface area (Å²) in [5.41, 5.74) is 4.81. The highest BCUT2D eigenvalue weighted by Crippen LogP contribution is 2.26. The maximum atomic E-state index is 11.8. The molecule has 0 aliphatic carbocycles. The number of ether oxygens (including phenoxy) is 1. The van der Waals surface area contributed by atoms with Crippen LogP contribution in [-0.2, 0) is 23.3 Å². The Labute approximate surface area is 204 Å². The molecule has 1 saturated heterocycles. The Bertz CT molecular complexity index is 1040. The van der Waals surface area contributed by atoms with Crippen molar-refractivity contribution < 1.29 is 13.2 Å². The fourth-order valence-electron chi connectivity index (χ4n) is 4.11. The van der Waals surface area contributed by atoms with Crippen LogP contribution in [0, 0.1) is 19.8 Å². The van der Waals surface area contributed by atoms with Gasteiger partial charge in [0.1, 0.15) is 10.7 Å². The molecule has 5 nitrogen and oxygen atoms in total. The lowest BCUT2D eigenvalue weighted by Gasteiger charge is -2.33. The molecule has 176 valence electrons. The summed E-state index contributed by atoms with van der Waals surface area (Å²) in [7, 11) is -0.474. The second-order valence-electron chi connectivity index (χ2n) is 8.16. The Morgan fingerprint density at radius 1 is 1.09 bits per heavy atom. The quantitative estimate of drug-likeness (QED) is 0.620. The minimum atomic E-state index is -2.14. The third-order valence-electron chi connectivity index (χ3n) is 5.92. The van der Waals surface area contributed by atoms with Crippen LogP contribution >= 0.6 is 24.0 Å².